The van der Waals surface area contributed by atoms with Crippen molar-refractivity contribution in [2.45, 2.75) is 115 Å². The quantitative estimate of drug-likeness (QED) is 0.347. The van der Waals surface area contributed by atoms with Gasteiger partial charge in [0.1, 0.15) is 0 Å². The average Bonchev–Trinajstić information content (AvgIpc) is 3.34. The minimum atomic E-state index is 0.430. The highest BCUT2D eigenvalue weighted by atomic mass is 35.5. The molecule has 0 nitrogen and oxygen atoms in total. The predicted molar refractivity (Wildman–Crippen MR) is 146 cm³/mol. The van der Waals surface area contributed by atoms with Crippen molar-refractivity contribution < 1.29 is 0 Å². The van der Waals surface area contributed by atoms with Crippen molar-refractivity contribution in [1.82, 2.24) is 0 Å². The Morgan fingerprint density at radius 1 is 0.875 bits per heavy atom. The molecule has 1 spiro atoms. The summed E-state index contributed by atoms with van der Waals surface area (Å²) in [4.78, 5) is 0. The van der Waals surface area contributed by atoms with Gasteiger partial charge in [-0.05, 0) is 104 Å². The van der Waals surface area contributed by atoms with Crippen LogP contribution in [0, 0.1) is 52.3 Å². The van der Waals surface area contributed by atoms with Gasteiger partial charge >= 0.3 is 0 Å². The molecule has 0 aromatic rings. The van der Waals surface area contributed by atoms with Gasteiger partial charge in [-0.3, -0.25) is 0 Å². The number of hydrogen-bond donors (Lipinski definition) is 0. The van der Waals surface area contributed by atoms with E-state index < -0.39 is 0 Å². The van der Waals surface area contributed by atoms with Crippen LogP contribution in [0.25, 0.3) is 0 Å². The van der Waals surface area contributed by atoms with Crippen LogP contribution in [0.15, 0.2) is 0 Å². The summed E-state index contributed by atoms with van der Waals surface area (Å²) >= 11 is 11.6. The van der Waals surface area contributed by atoms with Gasteiger partial charge in [-0.2, -0.15) is 0 Å². The molecule has 32 heavy (non-hydrogen) atoms. The van der Waals surface area contributed by atoms with E-state index in [4.69, 9.17) is 11.6 Å². The van der Waals surface area contributed by atoms with E-state index in [1.807, 2.05) is 0 Å². The highest BCUT2D eigenvalue weighted by Crippen LogP contribution is 2.74. The van der Waals surface area contributed by atoms with Crippen molar-refractivity contribution in [1.29, 1.82) is 0 Å². The summed E-state index contributed by atoms with van der Waals surface area (Å²) in [6.07, 6.45) is 15.9. The molecule has 0 amide bonds. The number of thioether (sulfide) groups is 2. The Labute approximate surface area is 212 Å². The van der Waals surface area contributed by atoms with E-state index in [1.54, 1.807) is 0 Å². The lowest BCUT2D eigenvalue weighted by molar-refractivity contribution is -0.115. The molecule has 0 unspecified atom stereocenters. The van der Waals surface area contributed by atoms with E-state index in [-0.39, 0.29) is 0 Å². The summed E-state index contributed by atoms with van der Waals surface area (Å²) in [5.74, 6) is 9.29. The average molecular weight is 497 g/mol. The Bertz CT molecular complexity index is 672. The van der Waals surface area contributed by atoms with Crippen molar-refractivity contribution in [3.63, 3.8) is 0 Å². The molecule has 1 aliphatic heterocycles. The fourth-order valence-electron chi connectivity index (χ4n) is 10.1. The van der Waals surface area contributed by atoms with Crippen LogP contribution in [0.5, 0.6) is 0 Å². The number of halogens is 1. The first-order chi connectivity index (χ1) is 15.2. The second-order valence-corrected chi connectivity index (χ2v) is 17.3. The zero-order valence-electron chi connectivity index (χ0n) is 21.5. The Morgan fingerprint density at radius 2 is 1.56 bits per heavy atom. The van der Waals surface area contributed by atoms with Gasteiger partial charge in [0.05, 0.1) is 4.08 Å². The van der Waals surface area contributed by atoms with Gasteiger partial charge in [-0.15, -0.1) is 35.1 Å². The Hall–Kier alpha value is 0.990. The van der Waals surface area contributed by atoms with Crippen LogP contribution in [0.1, 0.15) is 105 Å². The number of rotatable bonds is 5. The molecule has 4 aliphatic carbocycles. The first kappa shape index (κ1) is 24.7. The highest BCUT2D eigenvalue weighted by Gasteiger charge is 2.66. The minimum absolute atomic E-state index is 0.430. The first-order valence-electron chi connectivity index (χ1n) is 14.1. The van der Waals surface area contributed by atoms with Crippen LogP contribution in [-0.4, -0.2) is 21.0 Å². The maximum Gasteiger partial charge on any atom is 0.0648 e. The SMILES string of the molecule is CC(C)CCC[C@@H](C)[C@H]1CC[C@H]2[C@@H]3CC4(SCCS4)[C@H]4C[C@@H](Cl)CC[C@]4(C)[C@H]3CC[C@]12C. The third-order valence-corrected chi connectivity index (χ3v) is 15.7. The first-order valence-corrected chi connectivity index (χ1v) is 16.5. The standard InChI is InChI=1S/C29H49ClS2/c1-19(2)7-6-8-20(3)23-9-10-24-22-18-29(31-15-16-32-29)26-17-21(30)11-13-28(26,5)25(22)12-14-27(23,24)4/h19-26H,6-18H2,1-5H3/t20-,21+,22+,23-,24+,25+,26+,27-,28-/m1/s1. The van der Waals surface area contributed by atoms with Crippen molar-refractivity contribution in [3.8, 4) is 0 Å². The molecule has 4 saturated carbocycles. The second kappa shape index (κ2) is 9.14. The van der Waals surface area contributed by atoms with Crippen molar-refractivity contribution >= 4 is 35.1 Å². The molecule has 0 N–H and O–H groups in total. The van der Waals surface area contributed by atoms with Crippen LogP contribution in [0.3, 0.4) is 0 Å². The third kappa shape index (κ3) is 3.95. The molecule has 0 aromatic heterocycles. The minimum Gasteiger partial charge on any atom is -0.143 e. The molecule has 1 heterocycles. The summed E-state index contributed by atoms with van der Waals surface area (Å²) in [6.45, 7) is 12.9. The van der Waals surface area contributed by atoms with Crippen molar-refractivity contribution in [2.75, 3.05) is 11.5 Å². The fraction of sp³-hybridized carbons (Fsp3) is 1.00. The smallest absolute Gasteiger partial charge is 0.0648 e. The molecule has 9 atom stereocenters. The monoisotopic (exact) mass is 496 g/mol. The number of hydrogen-bond acceptors (Lipinski definition) is 2. The zero-order chi connectivity index (χ0) is 22.7. The van der Waals surface area contributed by atoms with Gasteiger partial charge < -0.3 is 0 Å². The zero-order valence-corrected chi connectivity index (χ0v) is 23.9. The van der Waals surface area contributed by atoms with Crippen molar-refractivity contribution in [2.24, 2.45) is 52.3 Å². The molecule has 3 heteroatoms. The van der Waals surface area contributed by atoms with Crippen LogP contribution in [0.2, 0.25) is 0 Å². The Balaban J connectivity index is 1.39. The molecule has 5 fully saturated rings. The van der Waals surface area contributed by atoms with E-state index in [1.165, 1.54) is 82.1 Å². The van der Waals surface area contributed by atoms with E-state index >= 15 is 0 Å². The summed E-state index contributed by atoms with van der Waals surface area (Å²) in [7, 11) is 0. The molecule has 0 bridgehead atoms. The summed E-state index contributed by atoms with van der Waals surface area (Å²) < 4.78 is 0.489. The summed E-state index contributed by atoms with van der Waals surface area (Å²) in [5, 5.41) is 0.430. The van der Waals surface area contributed by atoms with Gasteiger partial charge in [-0.1, -0.05) is 53.9 Å². The van der Waals surface area contributed by atoms with Gasteiger partial charge in [-0.25, -0.2) is 0 Å². The molecule has 0 aromatic carbocycles. The number of fused-ring (bicyclic) bond motifs is 6. The van der Waals surface area contributed by atoms with Crippen LogP contribution in [0.4, 0.5) is 0 Å². The van der Waals surface area contributed by atoms with Gasteiger partial charge in [0, 0.05) is 16.9 Å². The van der Waals surface area contributed by atoms with E-state index in [2.05, 4.69) is 58.1 Å². The van der Waals surface area contributed by atoms with Gasteiger partial charge in [0.15, 0.2) is 0 Å². The van der Waals surface area contributed by atoms with E-state index in [9.17, 15) is 0 Å². The van der Waals surface area contributed by atoms with Gasteiger partial charge in [0.2, 0.25) is 0 Å². The largest absolute Gasteiger partial charge is 0.143 e. The Kier molecular flexibility index (Phi) is 7.04. The van der Waals surface area contributed by atoms with Crippen LogP contribution in [-0.2, 0) is 0 Å². The highest BCUT2D eigenvalue weighted by molar-refractivity contribution is 8.21. The summed E-state index contributed by atoms with van der Waals surface area (Å²) in [5.41, 5.74) is 1.15. The normalized spacial score (nSPS) is 48.5. The fourth-order valence-corrected chi connectivity index (χ4v) is 14.3. The van der Waals surface area contributed by atoms with Crippen molar-refractivity contribution in [3.05, 3.63) is 0 Å². The number of alkyl halides is 1. The molecular weight excluding hydrogens is 448 g/mol. The Morgan fingerprint density at radius 3 is 2.28 bits per heavy atom. The molecule has 5 rings (SSSR count). The van der Waals surface area contributed by atoms with Crippen LogP contribution < -0.4 is 0 Å². The van der Waals surface area contributed by atoms with E-state index in [0.29, 0.717) is 20.3 Å². The topological polar surface area (TPSA) is 0 Å². The maximum atomic E-state index is 6.84. The lowest BCUT2D eigenvalue weighted by atomic mass is 9.44. The lowest BCUT2D eigenvalue weighted by Gasteiger charge is -2.65. The van der Waals surface area contributed by atoms with E-state index in [0.717, 1.165) is 41.4 Å². The second-order valence-electron chi connectivity index (χ2n) is 13.6. The molecule has 1 saturated heterocycles. The molecule has 5 aliphatic rings. The maximum absolute atomic E-state index is 6.84. The predicted octanol–water partition coefficient (Wildman–Crippen LogP) is 9.50. The van der Waals surface area contributed by atoms with Gasteiger partial charge in [0.25, 0.3) is 0 Å². The molecular formula is C29H49ClS2. The summed E-state index contributed by atoms with van der Waals surface area (Å²) in [6, 6.07) is 0. The molecule has 184 valence electrons. The molecule has 0 radical (unpaired) electrons. The van der Waals surface area contributed by atoms with Crippen LogP contribution >= 0.6 is 35.1 Å². The lowest BCUT2D eigenvalue weighted by Crippen LogP contribution is -2.60. The third-order valence-electron chi connectivity index (χ3n) is 11.6.